The van der Waals surface area contributed by atoms with E-state index in [2.05, 4.69) is 15.6 Å². The fourth-order valence-corrected chi connectivity index (χ4v) is 2.45. The van der Waals surface area contributed by atoms with E-state index in [0.29, 0.717) is 5.71 Å². The van der Waals surface area contributed by atoms with Gasteiger partial charge in [0, 0.05) is 30.8 Å². The number of hydrogen-bond acceptors (Lipinski definition) is 4. The fourth-order valence-electron chi connectivity index (χ4n) is 2.45. The van der Waals surface area contributed by atoms with Crippen molar-refractivity contribution < 1.29 is 18.4 Å². The monoisotopic (exact) mass is 334 g/mol. The van der Waals surface area contributed by atoms with Crippen LogP contribution >= 0.6 is 0 Å². The van der Waals surface area contributed by atoms with Crippen LogP contribution in [0.4, 0.5) is 14.5 Å². The molecule has 2 aromatic rings. The van der Waals surface area contributed by atoms with E-state index < -0.39 is 23.6 Å². The van der Waals surface area contributed by atoms with Crippen LogP contribution in [-0.2, 0) is 16.2 Å². The molecule has 1 aliphatic rings. The van der Waals surface area contributed by atoms with Crippen molar-refractivity contribution in [3.8, 4) is 0 Å². The predicted molar refractivity (Wildman–Crippen MR) is 83.7 cm³/mol. The Labute approximate surface area is 137 Å². The average Bonchev–Trinajstić information content (AvgIpc) is 3.17. The predicted octanol–water partition coefficient (Wildman–Crippen LogP) is 2.62. The molecule has 2 heterocycles. The Morgan fingerprint density at radius 2 is 2.25 bits per heavy atom. The highest BCUT2D eigenvalue weighted by Gasteiger charge is 2.30. The number of rotatable bonds is 4. The standard InChI is InChI=1S/C16H16F2N4O2/c1-3-22-8-11(9(2)20-22)13-7-15(24-21-13)16(23)19-14-6-10(17)4-5-12(14)18/h4-6,8,15H,3,7H2,1-2H3,(H,19,23). The maximum absolute atomic E-state index is 13.6. The minimum absolute atomic E-state index is 0.230. The van der Waals surface area contributed by atoms with Crippen LogP contribution in [0.15, 0.2) is 29.6 Å². The van der Waals surface area contributed by atoms with Crippen molar-refractivity contribution in [2.45, 2.75) is 32.9 Å². The first-order valence-electron chi connectivity index (χ1n) is 7.51. The number of aryl methyl sites for hydroxylation is 2. The van der Waals surface area contributed by atoms with Gasteiger partial charge < -0.3 is 10.2 Å². The van der Waals surface area contributed by atoms with Crippen LogP contribution < -0.4 is 5.32 Å². The topological polar surface area (TPSA) is 68.5 Å². The Bertz CT molecular complexity index is 816. The highest BCUT2D eigenvalue weighted by Crippen LogP contribution is 2.21. The van der Waals surface area contributed by atoms with E-state index in [1.807, 2.05) is 20.0 Å². The SMILES string of the molecule is CCn1cc(C2=NOC(C(=O)Nc3cc(F)ccc3F)C2)c(C)n1. The fraction of sp³-hybridized carbons (Fsp3) is 0.312. The van der Waals surface area contributed by atoms with E-state index >= 15 is 0 Å². The van der Waals surface area contributed by atoms with Gasteiger partial charge in [-0.2, -0.15) is 5.10 Å². The van der Waals surface area contributed by atoms with E-state index in [0.717, 1.165) is 36.0 Å². The molecule has 1 aliphatic heterocycles. The Morgan fingerprint density at radius 1 is 1.46 bits per heavy atom. The third-order valence-corrected chi connectivity index (χ3v) is 3.73. The van der Waals surface area contributed by atoms with Gasteiger partial charge in [0.25, 0.3) is 5.91 Å². The molecule has 3 rings (SSSR count). The van der Waals surface area contributed by atoms with Crippen molar-refractivity contribution in [2.24, 2.45) is 5.16 Å². The van der Waals surface area contributed by atoms with Gasteiger partial charge in [-0.25, -0.2) is 8.78 Å². The molecule has 0 aliphatic carbocycles. The van der Waals surface area contributed by atoms with Crippen LogP contribution in [0.3, 0.4) is 0 Å². The molecule has 1 aromatic heterocycles. The maximum atomic E-state index is 13.6. The van der Waals surface area contributed by atoms with Crippen LogP contribution in [0.2, 0.25) is 0 Å². The zero-order valence-electron chi connectivity index (χ0n) is 13.2. The number of nitrogens with zero attached hydrogens (tertiary/aromatic N) is 3. The summed E-state index contributed by atoms with van der Waals surface area (Å²) in [5, 5.41) is 10.6. The Kier molecular flexibility index (Phi) is 4.28. The van der Waals surface area contributed by atoms with Gasteiger partial charge in [0.2, 0.25) is 6.10 Å². The second-order valence-corrected chi connectivity index (χ2v) is 5.43. The zero-order valence-corrected chi connectivity index (χ0v) is 13.2. The highest BCUT2D eigenvalue weighted by molar-refractivity contribution is 6.06. The summed E-state index contributed by atoms with van der Waals surface area (Å²) in [6, 6.07) is 2.84. The van der Waals surface area contributed by atoms with Crippen LogP contribution in [0.5, 0.6) is 0 Å². The summed E-state index contributed by atoms with van der Waals surface area (Å²) in [5.41, 5.74) is 1.97. The maximum Gasteiger partial charge on any atom is 0.268 e. The van der Waals surface area contributed by atoms with Crippen LogP contribution in [0, 0.1) is 18.6 Å². The number of amides is 1. The summed E-state index contributed by atoms with van der Waals surface area (Å²) in [7, 11) is 0. The van der Waals surface area contributed by atoms with Crippen molar-refractivity contribution in [1.82, 2.24) is 9.78 Å². The molecule has 1 aromatic carbocycles. The molecule has 6 nitrogen and oxygen atoms in total. The number of carbonyl (C=O) groups excluding carboxylic acids is 1. The molecule has 0 saturated carbocycles. The number of anilines is 1. The lowest BCUT2D eigenvalue weighted by atomic mass is 10.1. The summed E-state index contributed by atoms with van der Waals surface area (Å²) >= 11 is 0. The molecular formula is C16H16F2N4O2. The lowest BCUT2D eigenvalue weighted by Crippen LogP contribution is -2.28. The molecule has 1 atom stereocenters. The number of nitrogens with one attached hydrogen (secondary N) is 1. The largest absolute Gasteiger partial charge is 0.382 e. The summed E-state index contributed by atoms with van der Waals surface area (Å²) in [4.78, 5) is 17.3. The summed E-state index contributed by atoms with van der Waals surface area (Å²) in [6.45, 7) is 4.53. The van der Waals surface area contributed by atoms with Gasteiger partial charge in [-0.1, -0.05) is 5.16 Å². The van der Waals surface area contributed by atoms with Crippen molar-refractivity contribution in [2.75, 3.05) is 5.32 Å². The summed E-state index contributed by atoms with van der Waals surface area (Å²) in [5.74, 6) is -1.94. The highest BCUT2D eigenvalue weighted by atomic mass is 19.1. The smallest absolute Gasteiger partial charge is 0.268 e. The van der Waals surface area contributed by atoms with E-state index in [9.17, 15) is 13.6 Å². The van der Waals surface area contributed by atoms with Gasteiger partial charge in [-0.3, -0.25) is 9.48 Å². The number of benzene rings is 1. The molecule has 1 amide bonds. The number of hydrogen-bond donors (Lipinski definition) is 1. The van der Waals surface area contributed by atoms with E-state index in [4.69, 9.17) is 4.84 Å². The Hall–Kier alpha value is -2.77. The average molecular weight is 334 g/mol. The molecule has 0 radical (unpaired) electrons. The van der Waals surface area contributed by atoms with Gasteiger partial charge >= 0.3 is 0 Å². The molecule has 24 heavy (non-hydrogen) atoms. The number of carbonyl (C=O) groups is 1. The van der Waals surface area contributed by atoms with Gasteiger partial charge in [-0.05, 0) is 26.0 Å². The van der Waals surface area contributed by atoms with Crippen LogP contribution in [-0.4, -0.2) is 27.5 Å². The third-order valence-electron chi connectivity index (χ3n) is 3.73. The van der Waals surface area contributed by atoms with Crippen molar-refractivity contribution in [3.05, 3.63) is 47.3 Å². The second-order valence-electron chi connectivity index (χ2n) is 5.43. The molecule has 126 valence electrons. The molecule has 1 unspecified atom stereocenters. The molecule has 8 heteroatoms. The zero-order chi connectivity index (χ0) is 17.3. The minimum Gasteiger partial charge on any atom is -0.382 e. The molecule has 0 bridgehead atoms. The van der Waals surface area contributed by atoms with E-state index in [-0.39, 0.29) is 12.1 Å². The van der Waals surface area contributed by atoms with Gasteiger partial charge in [0.1, 0.15) is 11.6 Å². The number of oxime groups is 1. The van der Waals surface area contributed by atoms with Gasteiger partial charge in [-0.15, -0.1) is 0 Å². The lowest BCUT2D eigenvalue weighted by molar-refractivity contribution is -0.125. The lowest BCUT2D eigenvalue weighted by Gasteiger charge is -2.10. The van der Waals surface area contributed by atoms with Crippen LogP contribution in [0.25, 0.3) is 0 Å². The number of halogens is 2. The normalized spacial score (nSPS) is 16.7. The molecule has 0 spiro atoms. The quantitative estimate of drug-likeness (QED) is 0.934. The van der Waals surface area contributed by atoms with E-state index in [1.54, 1.807) is 4.68 Å². The van der Waals surface area contributed by atoms with Crippen LogP contribution in [0.1, 0.15) is 24.6 Å². The summed E-state index contributed by atoms with van der Waals surface area (Å²) < 4.78 is 28.5. The first-order valence-corrected chi connectivity index (χ1v) is 7.51. The third kappa shape index (κ3) is 3.12. The van der Waals surface area contributed by atoms with E-state index in [1.165, 1.54) is 0 Å². The van der Waals surface area contributed by atoms with Crippen molar-refractivity contribution in [3.63, 3.8) is 0 Å². The van der Waals surface area contributed by atoms with Crippen molar-refractivity contribution in [1.29, 1.82) is 0 Å². The first-order chi connectivity index (χ1) is 11.5. The molecule has 0 fully saturated rings. The van der Waals surface area contributed by atoms with Gasteiger partial charge in [0.05, 0.1) is 17.1 Å². The summed E-state index contributed by atoms with van der Waals surface area (Å²) in [6.07, 6.45) is 1.18. The molecule has 1 N–H and O–H groups in total. The number of aromatic nitrogens is 2. The molecule has 0 saturated heterocycles. The Balaban J connectivity index is 1.69. The molecular weight excluding hydrogens is 318 g/mol. The second kappa shape index (κ2) is 6.38. The van der Waals surface area contributed by atoms with Crippen molar-refractivity contribution >= 4 is 17.3 Å². The van der Waals surface area contributed by atoms with Gasteiger partial charge in [0.15, 0.2) is 0 Å². The minimum atomic E-state index is -0.896. The first kappa shape index (κ1) is 16.1. The Morgan fingerprint density at radius 3 is 2.96 bits per heavy atom.